The van der Waals surface area contributed by atoms with Gasteiger partial charge in [0.05, 0.1) is 18.8 Å². The van der Waals surface area contributed by atoms with E-state index in [2.05, 4.69) is 5.32 Å². The van der Waals surface area contributed by atoms with E-state index >= 15 is 0 Å². The van der Waals surface area contributed by atoms with Gasteiger partial charge >= 0.3 is 7.60 Å². The lowest BCUT2D eigenvalue weighted by atomic mass is 9.92. The summed E-state index contributed by atoms with van der Waals surface area (Å²) < 4.78 is 27.6. The van der Waals surface area contributed by atoms with Crippen LogP contribution >= 0.6 is 7.60 Å². The number of rotatable bonds is 7. The molecule has 23 heavy (non-hydrogen) atoms. The van der Waals surface area contributed by atoms with Crippen molar-refractivity contribution in [1.82, 2.24) is 5.32 Å². The molecule has 136 valence electrons. The van der Waals surface area contributed by atoms with Gasteiger partial charge in [-0.2, -0.15) is 0 Å². The maximum Gasteiger partial charge on any atom is 0.358 e. The second-order valence-electron chi connectivity index (χ2n) is 5.23. The fraction of sp³-hybridized carbons (Fsp3) is 0.917. The Kier molecular flexibility index (Phi) is 7.56. The highest BCUT2D eigenvalue weighted by Gasteiger charge is 2.50. The monoisotopic (exact) mass is 357 g/mol. The standard InChI is InChI=1S/C12H24NO9P/c1-6(15)13-10-7(16)4-9(23(19,20-2)21-3)22-12(10)11(18)8(17)5-14/h7-12,14,16-18H,4-5H2,1-3H3,(H,13,15)/t7-,8+,9+,10+,11+,12+/m0/s1. The van der Waals surface area contributed by atoms with Crippen LogP contribution in [0.25, 0.3) is 0 Å². The minimum atomic E-state index is -3.72. The van der Waals surface area contributed by atoms with Gasteiger partial charge in [-0.25, -0.2) is 0 Å². The molecule has 6 atom stereocenters. The summed E-state index contributed by atoms with van der Waals surface area (Å²) in [5, 5.41) is 41.3. The third kappa shape index (κ3) is 4.71. The van der Waals surface area contributed by atoms with Gasteiger partial charge in [-0.15, -0.1) is 0 Å². The average Bonchev–Trinajstić information content (AvgIpc) is 2.53. The molecule has 1 amide bonds. The molecule has 1 aliphatic heterocycles. The fourth-order valence-corrected chi connectivity index (χ4v) is 3.82. The Bertz CT molecular complexity index is 440. The summed E-state index contributed by atoms with van der Waals surface area (Å²) in [5.41, 5.74) is 0. The molecule has 0 bridgehead atoms. The van der Waals surface area contributed by atoms with Crippen molar-refractivity contribution in [2.75, 3.05) is 20.8 Å². The largest absolute Gasteiger partial charge is 0.394 e. The maximum absolute atomic E-state index is 12.4. The van der Waals surface area contributed by atoms with Crippen LogP contribution < -0.4 is 5.32 Å². The van der Waals surface area contributed by atoms with E-state index in [0.717, 1.165) is 14.2 Å². The van der Waals surface area contributed by atoms with Crippen LogP contribution in [0.4, 0.5) is 0 Å². The van der Waals surface area contributed by atoms with E-state index in [1.165, 1.54) is 6.92 Å². The van der Waals surface area contributed by atoms with Crippen molar-refractivity contribution in [1.29, 1.82) is 0 Å². The highest BCUT2D eigenvalue weighted by molar-refractivity contribution is 7.54. The van der Waals surface area contributed by atoms with E-state index in [1.807, 2.05) is 0 Å². The molecule has 0 spiro atoms. The molecule has 1 saturated heterocycles. The van der Waals surface area contributed by atoms with Gasteiger partial charge in [0.25, 0.3) is 0 Å². The first-order chi connectivity index (χ1) is 10.7. The summed E-state index contributed by atoms with van der Waals surface area (Å²) in [6.07, 6.45) is -5.96. The zero-order valence-electron chi connectivity index (χ0n) is 13.2. The first kappa shape index (κ1) is 20.5. The number of nitrogens with one attached hydrogen (secondary N) is 1. The van der Waals surface area contributed by atoms with Crippen molar-refractivity contribution in [2.24, 2.45) is 0 Å². The minimum absolute atomic E-state index is 0.178. The van der Waals surface area contributed by atoms with E-state index in [9.17, 15) is 24.7 Å². The Labute approximate surface area is 133 Å². The second kappa shape index (κ2) is 8.50. The van der Waals surface area contributed by atoms with E-state index in [-0.39, 0.29) is 6.42 Å². The molecule has 5 N–H and O–H groups in total. The van der Waals surface area contributed by atoms with Gasteiger partial charge < -0.3 is 39.5 Å². The number of hydrogen-bond acceptors (Lipinski definition) is 9. The molecule has 11 heteroatoms. The topological polar surface area (TPSA) is 155 Å². The van der Waals surface area contributed by atoms with Crippen LogP contribution in [0.2, 0.25) is 0 Å². The molecule has 0 aromatic carbocycles. The molecule has 1 aliphatic rings. The van der Waals surface area contributed by atoms with Gasteiger partial charge in [0.2, 0.25) is 5.91 Å². The van der Waals surface area contributed by atoms with Crippen LogP contribution in [0, 0.1) is 0 Å². The Hall–Kier alpha value is -0.580. The highest BCUT2D eigenvalue weighted by atomic mass is 31.2. The summed E-state index contributed by atoms with van der Waals surface area (Å²) in [7, 11) is -1.43. The van der Waals surface area contributed by atoms with Crippen molar-refractivity contribution in [3.05, 3.63) is 0 Å². The number of carbonyl (C=O) groups excluding carboxylic acids is 1. The zero-order valence-corrected chi connectivity index (χ0v) is 14.1. The molecule has 0 radical (unpaired) electrons. The lowest BCUT2D eigenvalue weighted by Crippen LogP contribution is -2.62. The van der Waals surface area contributed by atoms with Gasteiger partial charge in [0.1, 0.15) is 18.3 Å². The quantitative estimate of drug-likeness (QED) is 0.331. The van der Waals surface area contributed by atoms with Crippen LogP contribution in [0.5, 0.6) is 0 Å². The molecule has 10 nitrogen and oxygen atoms in total. The van der Waals surface area contributed by atoms with Crippen LogP contribution in [0.1, 0.15) is 13.3 Å². The SMILES string of the molecule is COP(=O)(OC)[C@@H]1C[C@H](O)[C@@H](NC(C)=O)[C@H]([C@H](O)[C@H](O)CO)O1. The predicted molar refractivity (Wildman–Crippen MR) is 77.6 cm³/mol. The second-order valence-corrected chi connectivity index (χ2v) is 7.62. The lowest BCUT2D eigenvalue weighted by Gasteiger charge is -2.43. The van der Waals surface area contributed by atoms with Crippen molar-refractivity contribution in [2.45, 2.75) is 49.6 Å². The first-order valence-electron chi connectivity index (χ1n) is 6.99. The minimum Gasteiger partial charge on any atom is -0.394 e. The van der Waals surface area contributed by atoms with Crippen molar-refractivity contribution in [3.8, 4) is 0 Å². The fourth-order valence-electron chi connectivity index (χ4n) is 2.44. The number of amides is 1. The number of aliphatic hydroxyl groups is 4. The maximum atomic E-state index is 12.4. The van der Waals surface area contributed by atoms with E-state index in [0.29, 0.717) is 0 Å². The van der Waals surface area contributed by atoms with E-state index in [4.69, 9.17) is 18.9 Å². The van der Waals surface area contributed by atoms with Gasteiger partial charge in [-0.05, 0) is 0 Å². The molecule has 1 fully saturated rings. The Morgan fingerprint density at radius 3 is 2.39 bits per heavy atom. The molecule has 1 heterocycles. The normalized spacial score (nSPS) is 31.4. The van der Waals surface area contributed by atoms with E-state index < -0.39 is 56.4 Å². The van der Waals surface area contributed by atoms with Gasteiger partial charge in [0.15, 0.2) is 5.85 Å². The average molecular weight is 357 g/mol. The summed E-state index contributed by atoms with van der Waals surface area (Å²) >= 11 is 0. The van der Waals surface area contributed by atoms with E-state index in [1.54, 1.807) is 0 Å². The summed E-state index contributed by atoms with van der Waals surface area (Å²) in [4.78, 5) is 11.3. The van der Waals surface area contributed by atoms with Crippen LogP contribution in [0.15, 0.2) is 0 Å². The molecular weight excluding hydrogens is 333 g/mol. The van der Waals surface area contributed by atoms with Crippen molar-refractivity contribution in [3.63, 3.8) is 0 Å². The molecule has 0 aromatic heterocycles. The number of carbonyl (C=O) groups is 1. The van der Waals surface area contributed by atoms with Crippen molar-refractivity contribution < 1.29 is 43.6 Å². The van der Waals surface area contributed by atoms with Crippen LogP contribution in [-0.4, -0.2) is 83.5 Å². The predicted octanol–water partition coefficient (Wildman–Crippen LogP) is -1.83. The molecule has 1 rings (SSSR count). The number of hydrogen-bond donors (Lipinski definition) is 5. The first-order valence-corrected chi connectivity index (χ1v) is 8.60. The molecule has 0 saturated carbocycles. The smallest absolute Gasteiger partial charge is 0.358 e. The van der Waals surface area contributed by atoms with Gasteiger partial charge in [-0.3, -0.25) is 9.36 Å². The Balaban J connectivity index is 3.09. The van der Waals surface area contributed by atoms with Crippen molar-refractivity contribution >= 4 is 13.5 Å². The number of aliphatic hydroxyl groups excluding tert-OH is 4. The van der Waals surface area contributed by atoms with Crippen LogP contribution in [0.3, 0.4) is 0 Å². The Morgan fingerprint density at radius 2 is 1.96 bits per heavy atom. The summed E-state index contributed by atoms with van der Waals surface area (Å²) in [6.45, 7) is 0.445. The van der Waals surface area contributed by atoms with Gasteiger partial charge in [0, 0.05) is 27.6 Å². The number of ether oxygens (including phenoxy) is 1. The summed E-state index contributed by atoms with van der Waals surface area (Å²) in [6, 6.07) is -1.07. The van der Waals surface area contributed by atoms with Gasteiger partial charge in [-0.1, -0.05) is 0 Å². The third-order valence-corrected chi connectivity index (χ3v) is 5.73. The Morgan fingerprint density at radius 1 is 1.39 bits per heavy atom. The third-order valence-electron chi connectivity index (χ3n) is 3.68. The summed E-state index contributed by atoms with van der Waals surface area (Å²) in [5.74, 6) is -1.70. The molecule has 0 unspecified atom stereocenters. The van der Waals surface area contributed by atoms with Crippen LogP contribution in [-0.2, 0) is 23.1 Å². The lowest BCUT2D eigenvalue weighted by molar-refractivity contribution is -0.168. The molecular formula is C12H24NO9P. The molecule has 0 aromatic rings. The highest BCUT2D eigenvalue weighted by Crippen LogP contribution is 2.55. The zero-order chi connectivity index (χ0) is 17.8. The molecule has 0 aliphatic carbocycles.